The summed E-state index contributed by atoms with van der Waals surface area (Å²) in [7, 11) is -3.37. The number of halogens is 1. The molecule has 0 radical (unpaired) electrons. The van der Waals surface area contributed by atoms with E-state index in [0.29, 0.717) is 24.3 Å². The SMILES string of the molecule is Cc1nc(Cl)nc2c1ncn2CCCCOC(=O)NCc1ccc(NS(=O)(=O)CC(C)C)cc1. The number of hydrogen-bond donors (Lipinski definition) is 2. The van der Waals surface area contributed by atoms with Gasteiger partial charge in [-0.15, -0.1) is 0 Å². The molecule has 2 aromatic heterocycles. The van der Waals surface area contributed by atoms with Crippen molar-refractivity contribution < 1.29 is 17.9 Å². The summed E-state index contributed by atoms with van der Waals surface area (Å²) < 4.78 is 33.7. The van der Waals surface area contributed by atoms with Crippen LogP contribution in [0.1, 0.15) is 37.9 Å². The standard InChI is InChI=1S/C22H29ClN6O4S/c1-15(2)13-34(31,32)28-18-8-6-17(7-9-18)12-24-22(30)33-11-5-4-10-29-14-25-19-16(3)26-21(23)27-20(19)29/h6-9,14-15,28H,4-5,10-13H2,1-3H3,(H,24,30). The minimum Gasteiger partial charge on any atom is -0.450 e. The molecule has 0 aliphatic heterocycles. The Morgan fingerprint density at radius 2 is 1.91 bits per heavy atom. The number of nitrogens with zero attached hydrogens (tertiary/aromatic N) is 4. The minimum absolute atomic E-state index is 0.0377. The van der Waals surface area contributed by atoms with Gasteiger partial charge in [0, 0.05) is 18.8 Å². The van der Waals surface area contributed by atoms with Crippen LogP contribution in [0.25, 0.3) is 11.2 Å². The largest absolute Gasteiger partial charge is 0.450 e. The number of hydrogen-bond acceptors (Lipinski definition) is 7. The maximum absolute atomic E-state index is 12.0. The molecule has 0 saturated heterocycles. The van der Waals surface area contributed by atoms with Crippen LogP contribution in [-0.2, 0) is 27.8 Å². The Bertz CT molecular complexity index is 1230. The molecule has 34 heavy (non-hydrogen) atoms. The number of nitrogens with one attached hydrogen (secondary N) is 2. The zero-order chi connectivity index (χ0) is 24.7. The second kappa shape index (κ2) is 11.5. The van der Waals surface area contributed by atoms with Crippen LogP contribution in [0.5, 0.6) is 0 Å². The Hall–Kier alpha value is -2.92. The van der Waals surface area contributed by atoms with Gasteiger partial charge in [-0.25, -0.2) is 23.2 Å². The van der Waals surface area contributed by atoms with Crippen molar-refractivity contribution in [1.82, 2.24) is 24.8 Å². The minimum atomic E-state index is -3.37. The molecule has 0 unspecified atom stereocenters. The van der Waals surface area contributed by atoms with Crippen LogP contribution < -0.4 is 10.0 Å². The van der Waals surface area contributed by atoms with Gasteiger partial charge in [0.25, 0.3) is 0 Å². The molecular formula is C22H29ClN6O4S. The van der Waals surface area contributed by atoms with Crippen molar-refractivity contribution in [2.45, 2.75) is 46.7 Å². The number of aryl methyl sites for hydroxylation is 2. The van der Waals surface area contributed by atoms with Crippen molar-refractivity contribution in [3.63, 3.8) is 0 Å². The third-order valence-corrected chi connectivity index (χ3v) is 6.68. The van der Waals surface area contributed by atoms with Gasteiger partial charge in [0.05, 0.1) is 24.4 Å². The zero-order valence-electron chi connectivity index (χ0n) is 19.4. The Kier molecular flexibility index (Phi) is 8.67. The summed E-state index contributed by atoms with van der Waals surface area (Å²) >= 11 is 5.94. The number of rotatable bonds is 11. The van der Waals surface area contributed by atoms with E-state index in [1.165, 1.54) is 0 Å². The molecule has 0 aliphatic rings. The first-order valence-electron chi connectivity index (χ1n) is 11.0. The first-order valence-corrected chi connectivity index (χ1v) is 13.0. The molecule has 0 bridgehead atoms. The van der Waals surface area contributed by atoms with Crippen LogP contribution in [0.2, 0.25) is 5.28 Å². The van der Waals surface area contributed by atoms with Gasteiger partial charge in [-0.1, -0.05) is 26.0 Å². The molecule has 0 spiro atoms. The predicted molar refractivity (Wildman–Crippen MR) is 131 cm³/mol. The van der Waals surface area contributed by atoms with Crippen LogP contribution in [0.4, 0.5) is 10.5 Å². The number of fused-ring (bicyclic) bond motifs is 1. The first kappa shape index (κ1) is 25.7. The highest BCUT2D eigenvalue weighted by molar-refractivity contribution is 7.92. The van der Waals surface area contributed by atoms with E-state index < -0.39 is 16.1 Å². The summed E-state index contributed by atoms with van der Waals surface area (Å²) in [6.07, 6.45) is 2.64. The highest BCUT2D eigenvalue weighted by Gasteiger charge is 2.13. The van der Waals surface area contributed by atoms with Gasteiger partial charge in [-0.3, -0.25) is 4.72 Å². The molecule has 1 aromatic carbocycles. The Morgan fingerprint density at radius 3 is 2.62 bits per heavy atom. The number of alkyl carbamates (subject to hydrolysis) is 1. The number of unbranched alkanes of at least 4 members (excludes halogenated alkanes) is 1. The number of anilines is 1. The van der Waals surface area contributed by atoms with Crippen LogP contribution in [0, 0.1) is 12.8 Å². The van der Waals surface area contributed by atoms with E-state index in [2.05, 4.69) is 25.0 Å². The summed E-state index contributed by atoms with van der Waals surface area (Å²) in [6.45, 7) is 6.76. The lowest BCUT2D eigenvalue weighted by molar-refractivity contribution is 0.143. The molecule has 0 fully saturated rings. The molecular weight excluding hydrogens is 480 g/mol. The average molecular weight is 509 g/mol. The smallest absolute Gasteiger partial charge is 0.407 e. The van der Waals surface area contributed by atoms with Gasteiger partial charge in [0.2, 0.25) is 15.3 Å². The topological polar surface area (TPSA) is 128 Å². The summed E-state index contributed by atoms with van der Waals surface area (Å²) in [6, 6.07) is 6.83. The highest BCUT2D eigenvalue weighted by Crippen LogP contribution is 2.16. The molecule has 3 rings (SSSR count). The fourth-order valence-electron chi connectivity index (χ4n) is 3.34. The van der Waals surface area contributed by atoms with E-state index in [1.54, 1.807) is 30.6 Å². The average Bonchev–Trinajstić information content (AvgIpc) is 3.15. The normalized spacial score (nSPS) is 11.7. The van der Waals surface area contributed by atoms with Gasteiger partial charge in [-0.2, -0.15) is 4.98 Å². The number of imidazole rings is 1. The quantitative estimate of drug-likeness (QED) is 0.297. The Balaban J connectivity index is 1.36. The van der Waals surface area contributed by atoms with Gasteiger partial charge in [0.15, 0.2) is 5.65 Å². The molecule has 0 atom stereocenters. The van der Waals surface area contributed by atoms with Crippen molar-refractivity contribution in [1.29, 1.82) is 0 Å². The number of ether oxygens (including phenoxy) is 1. The van der Waals surface area contributed by atoms with E-state index in [0.717, 1.165) is 23.2 Å². The highest BCUT2D eigenvalue weighted by atomic mass is 35.5. The Labute approximate surface area is 204 Å². The molecule has 2 N–H and O–H groups in total. The molecule has 1 amide bonds. The monoisotopic (exact) mass is 508 g/mol. The molecule has 12 heteroatoms. The second-order valence-electron chi connectivity index (χ2n) is 8.36. The number of carbonyl (C=O) groups is 1. The van der Waals surface area contributed by atoms with E-state index in [9.17, 15) is 13.2 Å². The first-order chi connectivity index (χ1) is 16.1. The maximum Gasteiger partial charge on any atom is 0.407 e. The maximum atomic E-state index is 12.0. The van der Waals surface area contributed by atoms with E-state index >= 15 is 0 Å². The van der Waals surface area contributed by atoms with Crippen LogP contribution in [-0.4, -0.2) is 46.4 Å². The van der Waals surface area contributed by atoms with Crippen molar-refractivity contribution >= 4 is 44.6 Å². The van der Waals surface area contributed by atoms with Crippen molar-refractivity contribution in [2.75, 3.05) is 17.1 Å². The third-order valence-electron chi connectivity index (χ3n) is 4.85. The lowest BCUT2D eigenvalue weighted by atomic mass is 10.2. The van der Waals surface area contributed by atoms with E-state index in [4.69, 9.17) is 16.3 Å². The molecule has 0 saturated carbocycles. The summed E-state index contributed by atoms with van der Waals surface area (Å²) in [5.74, 6) is 0.0967. The van der Waals surface area contributed by atoms with Gasteiger partial charge in [-0.05, 0) is 55.0 Å². The number of amides is 1. The number of benzene rings is 1. The van der Waals surface area contributed by atoms with Crippen LogP contribution >= 0.6 is 11.6 Å². The van der Waals surface area contributed by atoms with Gasteiger partial charge in [0.1, 0.15) is 5.52 Å². The summed E-state index contributed by atoms with van der Waals surface area (Å²) in [5, 5.41) is 2.88. The molecule has 3 aromatic rings. The summed E-state index contributed by atoms with van der Waals surface area (Å²) in [5.41, 5.74) is 3.46. The van der Waals surface area contributed by atoms with Crippen molar-refractivity contribution in [3.8, 4) is 0 Å². The number of sulfonamides is 1. The number of aromatic nitrogens is 4. The van der Waals surface area contributed by atoms with Crippen LogP contribution in [0.3, 0.4) is 0 Å². The molecule has 0 aliphatic carbocycles. The van der Waals surface area contributed by atoms with Gasteiger partial charge < -0.3 is 14.6 Å². The predicted octanol–water partition coefficient (Wildman–Crippen LogP) is 3.89. The van der Waals surface area contributed by atoms with Crippen molar-refractivity contribution in [3.05, 3.63) is 47.1 Å². The lowest BCUT2D eigenvalue weighted by Gasteiger charge is -2.11. The van der Waals surface area contributed by atoms with E-state index in [-0.39, 0.29) is 30.1 Å². The zero-order valence-corrected chi connectivity index (χ0v) is 21.0. The van der Waals surface area contributed by atoms with Crippen LogP contribution in [0.15, 0.2) is 30.6 Å². The molecule has 2 heterocycles. The second-order valence-corrected chi connectivity index (χ2v) is 10.5. The fourth-order valence-corrected chi connectivity index (χ4v) is 5.00. The van der Waals surface area contributed by atoms with E-state index in [1.807, 2.05) is 25.3 Å². The van der Waals surface area contributed by atoms with Crippen molar-refractivity contribution in [2.24, 2.45) is 5.92 Å². The molecule has 184 valence electrons. The third kappa shape index (κ3) is 7.56. The Morgan fingerprint density at radius 1 is 1.18 bits per heavy atom. The van der Waals surface area contributed by atoms with Gasteiger partial charge >= 0.3 is 6.09 Å². The summed E-state index contributed by atoms with van der Waals surface area (Å²) in [4.78, 5) is 24.6. The molecule has 10 nitrogen and oxygen atoms in total. The lowest BCUT2D eigenvalue weighted by Crippen LogP contribution is -2.24. The number of carbonyl (C=O) groups excluding carboxylic acids is 1. The fraction of sp³-hybridized carbons (Fsp3) is 0.455.